The van der Waals surface area contributed by atoms with E-state index in [9.17, 15) is 4.79 Å². The molecule has 3 N–H and O–H groups in total. The first-order valence-electron chi connectivity index (χ1n) is 2.10. The van der Waals surface area contributed by atoms with Gasteiger partial charge in [0.25, 0.3) is 0 Å². The fraction of sp³-hybridized carbons (Fsp3) is 0. The van der Waals surface area contributed by atoms with Crippen molar-refractivity contribution in [2.75, 3.05) is 5.73 Å². The standard InChI is InChI=1S/C4H5N3O.Ca.ClH/c5-3-1-2-6-4(8)7-3;;/h1-2H,(H3,5,6,7,8);;1H/q;+2;/p-1. The molecule has 0 bridgehead atoms. The van der Waals surface area contributed by atoms with Crippen molar-refractivity contribution < 1.29 is 12.4 Å². The Morgan fingerprint density at radius 3 is 2.50 bits per heavy atom. The molecule has 0 fully saturated rings. The number of aromatic amines is 1. The van der Waals surface area contributed by atoms with Crippen LogP contribution in [-0.2, 0) is 0 Å². The Morgan fingerprint density at radius 1 is 1.60 bits per heavy atom. The minimum atomic E-state index is -0.412. The first-order valence-corrected chi connectivity index (χ1v) is 2.10. The van der Waals surface area contributed by atoms with E-state index in [0.29, 0.717) is 5.82 Å². The molecule has 0 saturated heterocycles. The van der Waals surface area contributed by atoms with Gasteiger partial charge in [0, 0.05) is 6.20 Å². The maximum atomic E-state index is 10.2. The fourth-order valence-corrected chi connectivity index (χ4v) is 0.383. The third-order valence-corrected chi connectivity index (χ3v) is 0.697. The summed E-state index contributed by atoms with van der Waals surface area (Å²) in [6.07, 6.45) is 1.36. The normalized spacial score (nSPS) is 7.20. The molecule has 50 valence electrons. The number of rotatable bonds is 0. The number of H-pyrrole nitrogens is 1. The van der Waals surface area contributed by atoms with E-state index in [2.05, 4.69) is 9.97 Å². The van der Waals surface area contributed by atoms with Crippen LogP contribution in [0.15, 0.2) is 17.1 Å². The molecular weight excluding hydrogens is 182 g/mol. The van der Waals surface area contributed by atoms with Gasteiger partial charge in [-0.05, 0) is 6.07 Å². The average molecular weight is 187 g/mol. The summed E-state index contributed by atoms with van der Waals surface area (Å²) in [5.74, 6) is 0.338. The van der Waals surface area contributed by atoms with Crippen LogP contribution >= 0.6 is 0 Å². The molecule has 1 heterocycles. The van der Waals surface area contributed by atoms with Crippen molar-refractivity contribution in [3.63, 3.8) is 0 Å². The van der Waals surface area contributed by atoms with E-state index < -0.39 is 5.69 Å². The van der Waals surface area contributed by atoms with Gasteiger partial charge >= 0.3 is 43.4 Å². The van der Waals surface area contributed by atoms with Gasteiger partial charge in [-0.1, -0.05) is 0 Å². The quantitative estimate of drug-likeness (QED) is 0.406. The molecule has 0 spiro atoms. The van der Waals surface area contributed by atoms with E-state index in [4.69, 9.17) is 5.73 Å². The molecule has 0 amide bonds. The molecular formula is C4H5CaClN3O+. The first-order chi connectivity index (χ1) is 3.79. The van der Waals surface area contributed by atoms with E-state index in [0.717, 1.165) is 0 Å². The number of halogens is 1. The summed E-state index contributed by atoms with van der Waals surface area (Å²) < 4.78 is 0. The van der Waals surface area contributed by atoms with Crippen LogP contribution in [-0.4, -0.2) is 47.7 Å². The minimum Gasteiger partial charge on any atom is -1.00 e. The van der Waals surface area contributed by atoms with Crippen LogP contribution in [0.3, 0.4) is 0 Å². The maximum absolute atomic E-state index is 10.2. The molecule has 1 rings (SSSR count). The first kappa shape index (κ1) is 12.9. The van der Waals surface area contributed by atoms with Gasteiger partial charge in [-0.25, -0.2) is 9.78 Å². The number of aromatic nitrogens is 2. The average Bonchev–Trinajstić information content (AvgIpc) is 1.64. The molecule has 0 aliphatic rings. The summed E-state index contributed by atoms with van der Waals surface area (Å²) in [5.41, 5.74) is 4.75. The van der Waals surface area contributed by atoms with Crippen LogP contribution in [0.4, 0.5) is 5.82 Å². The van der Waals surface area contributed by atoms with Gasteiger partial charge < -0.3 is 18.1 Å². The van der Waals surface area contributed by atoms with Crippen molar-refractivity contribution in [3.8, 4) is 0 Å². The van der Waals surface area contributed by atoms with Crippen molar-refractivity contribution in [2.24, 2.45) is 0 Å². The van der Waals surface area contributed by atoms with Gasteiger partial charge in [0.1, 0.15) is 5.82 Å². The van der Waals surface area contributed by atoms with Crippen molar-refractivity contribution in [3.05, 3.63) is 22.7 Å². The van der Waals surface area contributed by atoms with E-state index in [1.165, 1.54) is 12.3 Å². The number of nitrogens with one attached hydrogen (secondary N) is 1. The van der Waals surface area contributed by atoms with Gasteiger partial charge in [-0.3, -0.25) is 4.98 Å². The molecule has 0 radical (unpaired) electrons. The molecule has 10 heavy (non-hydrogen) atoms. The minimum absolute atomic E-state index is 0. The SMILES string of the molecule is Nc1ccnc(=O)[nH]1.[Ca+2].[Cl-]. The Balaban J connectivity index is 0. The number of hydrogen-bond acceptors (Lipinski definition) is 3. The summed E-state index contributed by atoms with van der Waals surface area (Å²) >= 11 is 0. The van der Waals surface area contributed by atoms with Crippen LogP contribution in [0.25, 0.3) is 0 Å². The van der Waals surface area contributed by atoms with Crippen LogP contribution in [0.5, 0.6) is 0 Å². The largest absolute Gasteiger partial charge is 2.00 e. The smallest absolute Gasteiger partial charge is 1.00 e. The summed E-state index contributed by atoms with van der Waals surface area (Å²) in [6.45, 7) is 0. The molecule has 0 saturated carbocycles. The Labute approximate surface area is 93.6 Å². The Hall–Kier alpha value is 0.230. The van der Waals surface area contributed by atoms with Crippen LogP contribution in [0.1, 0.15) is 0 Å². The van der Waals surface area contributed by atoms with Crippen LogP contribution in [0, 0.1) is 0 Å². The van der Waals surface area contributed by atoms with Gasteiger partial charge in [0.05, 0.1) is 0 Å². The molecule has 0 aliphatic heterocycles. The summed E-state index contributed by atoms with van der Waals surface area (Å²) in [7, 11) is 0. The summed E-state index contributed by atoms with van der Waals surface area (Å²) in [6, 6.07) is 1.52. The second kappa shape index (κ2) is 5.97. The number of nitrogens with zero attached hydrogens (tertiary/aromatic N) is 1. The molecule has 4 nitrogen and oxygen atoms in total. The van der Waals surface area contributed by atoms with Crippen molar-refractivity contribution in [2.45, 2.75) is 0 Å². The second-order valence-corrected chi connectivity index (χ2v) is 1.33. The van der Waals surface area contributed by atoms with Crippen molar-refractivity contribution in [1.82, 2.24) is 9.97 Å². The van der Waals surface area contributed by atoms with Crippen LogP contribution < -0.4 is 23.8 Å². The van der Waals surface area contributed by atoms with Crippen molar-refractivity contribution >= 4 is 43.6 Å². The zero-order chi connectivity index (χ0) is 5.98. The number of nitrogens with two attached hydrogens (primary N) is 1. The number of nitrogen functional groups attached to an aromatic ring is 1. The molecule has 1 aromatic rings. The zero-order valence-electron chi connectivity index (χ0n) is 5.17. The molecule has 0 aromatic carbocycles. The predicted molar refractivity (Wildman–Crippen MR) is 35.0 cm³/mol. The monoisotopic (exact) mass is 186 g/mol. The topological polar surface area (TPSA) is 71.8 Å². The molecule has 6 heteroatoms. The Kier molecular flexibility index (Phi) is 7.69. The van der Waals surface area contributed by atoms with Gasteiger partial charge in [0.15, 0.2) is 0 Å². The Morgan fingerprint density at radius 2 is 2.20 bits per heavy atom. The fourth-order valence-electron chi connectivity index (χ4n) is 0.383. The molecule has 1 aromatic heterocycles. The number of hydrogen-bond donors (Lipinski definition) is 2. The Bertz CT molecular complexity index is 238. The van der Waals surface area contributed by atoms with E-state index >= 15 is 0 Å². The zero-order valence-corrected chi connectivity index (χ0v) is 8.14. The summed E-state index contributed by atoms with van der Waals surface area (Å²) in [5, 5.41) is 0. The van der Waals surface area contributed by atoms with Gasteiger partial charge in [-0.2, -0.15) is 0 Å². The maximum Gasteiger partial charge on any atom is 2.00 e. The van der Waals surface area contributed by atoms with Crippen molar-refractivity contribution in [1.29, 1.82) is 0 Å². The third-order valence-electron chi connectivity index (χ3n) is 0.697. The molecule has 0 aliphatic carbocycles. The van der Waals surface area contributed by atoms with E-state index in [1.807, 2.05) is 0 Å². The molecule has 0 unspecified atom stereocenters. The van der Waals surface area contributed by atoms with Crippen LogP contribution in [0.2, 0.25) is 0 Å². The number of anilines is 1. The van der Waals surface area contributed by atoms with Gasteiger partial charge in [0.2, 0.25) is 0 Å². The van der Waals surface area contributed by atoms with Gasteiger partial charge in [-0.15, -0.1) is 0 Å². The van der Waals surface area contributed by atoms with E-state index in [-0.39, 0.29) is 50.1 Å². The predicted octanol–water partition coefficient (Wildman–Crippen LogP) is -4.02. The third kappa shape index (κ3) is 4.11. The molecule has 0 atom stereocenters. The summed E-state index contributed by atoms with van der Waals surface area (Å²) in [4.78, 5) is 15.9. The second-order valence-electron chi connectivity index (χ2n) is 1.33. The van der Waals surface area contributed by atoms with E-state index in [1.54, 1.807) is 0 Å².